The van der Waals surface area contributed by atoms with Crippen molar-refractivity contribution >= 4 is 28.8 Å². The van der Waals surface area contributed by atoms with E-state index in [0.717, 1.165) is 10.4 Å². The fourth-order valence-corrected chi connectivity index (χ4v) is 2.55. The van der Waals surface area contributed by atoms with Crippen LogP contribution in [0.3, 0.4) is 0 Å². The molecule has 0 unspecified atom stereocenters. The predicted molar refractivity (Wildman–Crippen MR) is 76.2 cm³/mol. The van der Waals surface area contributed by atoms with Gasteiger partial charge < -0.3 is 5.32 Å². The summed E-state index contributed by atoms with van der Waals surface area (Å²) in [5, 5.41) is 4.98. The normalized spacial score (nSPS) is 12.1. The van der Waals surface area contributed by atoms with Crippen LogP contribution in [0.5, 0.6) is 0 Å². The van der Waals surface area contributed by atoms with Crippen LogP contribution in [0.4, 0.5) is 0 Å². The minimum absolute atomic E-state index is 0.0326. The molecule has 0 aliphatic carbocycles. The molecule has 1 aromatic carbocycles. The molecule has 1 atom stereocenters. The first-order valence-corrected chi connectivity index (χ1v) is 7.11. The smallest absolute Gasteiger partial charge is 0.251 e. The van der Waals surface area contributed by atoms with Crippen LogP contribution in [0.25, 0.3) is 0 Å². The average molecular weight is 280 g/mol. The molecule has 1 amide bonds. The first-order valence-electron chi connectivity index (χ1n) is 5.70. The van der Waals surface area contributed by atoms with Crippen molar-refractivity contribution in [3.05, 3.63) is 57.8 Å². The number of carbonyl (C=O) groups excluding carboxylic acids is 1. The van der Waals surface area contributed by atoms with Crippen LogP contribution in [0.1, 0.15) is 33.8 Å². The molecule has 0 saturated heterocycles. The van der Waals surface area contributed by atoms with Crippen molar-refractivity contribution in [2.45, 2.75) is 18.8 Å². The van der Waals surface area contributed by atoms with Gasteiger partial charge in [0.05, 0.1) is 6.04 Å². The Morgan fingerprint density at radius 3 is 2.61 bits per heavy atom. The summed E-state index contributed by atoms with van der Waals surface area (Å²) in [6.45, 7) is 1.98. The Bertz CT molecular complexity index is 507. The first kappa shape index (κ1) is 13.1. The summed E-state index contributed by atoms with van der Waals surface area (Å²) in [5.74, 6) is 0.407. The van der Waals surface area contributed by atoms with Crippen molar-refractivity contribution in [1.82, 2.24) is 5.32 Å². The fraction of sp³-hybridized carbons (Fsp3) is 0.214. The molecule has 2 rings (SSSR count). The second-order valence-corrected chi connectivity index (χ2v) is 5.29. The van der Waals surface area contributed by atoms with E-state index in [9.17, 15) is 4.79 Å². The van der Waals surface area contributed by atoms with Crippen molar-refractivity contribution in [2.24, 2.45) is 0 Å². The molecule has 4 heteroatoms. The van der Waals surface area contributed by atoms with Crippen LogP contribution in [0.2, 0.25) is 0 Å². The molecule has 0 spiro atoms. The van der Waals surface area contributed by atoms with Gasteiger partial charge in [-0.25, -0.2) is 0 Å². The topological polar surface area (TPSA) is 29.1 Å². The molecule has 18 heavy (non-hydrogen) atoms. The Kier molecular flexibility index (Phi) is 4.39. The molecule has 0 fully saturated rings. The third-order valence-corrected chi connectivity index (χ3v) is 4.05. The van der Waals surface area contributed by atoms with Gasteiger partial charge in [0, 0.05) is 16.3 Å². The fourth-order valence-electron chi connectivity index (χ4n) is 1.63. The maximum absolute atomic E-state index is 12.0. The number of rotatable bonds is 4. The molecule has 2 aromatic rings. The Balaban J connectivity index is 2.03. The summed E-state index contributed by atoms with van der Waals surface area (Å²) in [5.41, 5.74) is 1.67. The molecule has 0 aliphatic heterocycles. The molecular formula is C14H14ClNOS. The largest absolute Gasteiger partial charge is 0.345 e. The monoisotopic (exact) mass is 279 g/mol. The first-order chi connectivity index (χ1) is 8.70. The molecule has 1 heterocycles. The molecule has 0 aliphatic rings. The SMILES string of the molecule is C[C@@H](NC(=O)c1ccc(CCl)cc1)c1cccs1. The van der Waals surface area contributed by atoms with Crippen LogP contribution >= 0.6 is 22.9 Å². The zero-order chi connectivity index (χ0) is 13.0. The van der Waals surface area contributed by atoms with Gasteiger partial charge in [-0.15, -0.1) is 22.9 Å². The molecule has 0 saturated carbocycles. The number of hydrogen-bond donors (Lipinski definition) is 1. The lowest BCUT2D eigenvalue weighted by Gasteiger charge is -2.12. The standard InChI is InChI=1S/C14H14ClNOS/c1-10(13-3-2-8-18-13)16-14(17)12-6-4-11(9-15)5-7-12/h2-8,10H,9H2,1H3,(H,16,17)/t10-/m1/s1. The van der Waals surface area contributed by atoms with Gasteiger partial charge in [-0.2, -0.15) is 0 Å². The van der Waals surface area contributed by atoms with Gasteiger partial charge in [0.1, 0.15) is 0 Å². The van der Waals surface area contributed by atoms with Gasteiger partial charge in [-0.05, 0) is 36.1 Å². The van der Waals surface area contributed by atoms with E-state index in [4.69, 9.17) is 11.6 Å². The van der Waals surface area contributed by atoms with Gasteiger partial charge in [-0.3, -0.25) is 4.79 Å². The van der Waals surface area contributed by atoms with Gasteiger partial charge in [0.15, 0.2) is 0 Å². The summed E-state index contributed by atoms with van der Waals surface area (Å²) in [6.07, 6.45) is 0. The molecule has 1 aromatic heterocycles. The lowest BCUT2D eigenvalue weighted by atomic mass is 10.1. The number of carbonyl (C=O) groups is 1. The van der Waals surface area contributed by atoms with Gasteiger partial charge >= 0.3 is 0 Å². The van der Waals surface area contributed by atoms with Crippen LogP contribution in [0.15, 0.2) is 41.8 Å². The lowest BCUT2D eigenvalue weighted by molar-refractivity contribution is 0.0940. The highest BCUT2D eigenvalue weighted by atomic mass is 35.5. The second kappa shape index (κ2) is 6.03. The Hall–Kier alpha value is -1.32. The van der Waals surface area contributed by atoms with E-state index in [1.807, 2.05) is 36.6 Å². The molecule has 94 valence electrons. The van der Waals surface area contributed by atoms with Gasteiger partial charge in [0.2, 0.25) is 0 Å². The van der Waals surface area contributed by atoms with E-state index >= 15 is 0 Å². The van der Waals surface area contributed by atoms with Crippen LogP contribution in [0, 0.1) is 0 Å². The number of benzene rings is 1. The predicted octanol–water partition coefficient (Wildman–Crippen LogP) is 3.98. The van der Waals surface area contributed by atoms with Crippen LogP contribution < -0.4 is 5.32 Å². The summed E-state index contributed by atoms with van der Waals surface area (Å²) >= 11 is 7.35. The summed E-state index contributed by atoms with van der Waals surface area (Å²) in [4.78, 5) is 13.2. The van der Waals surface area contributed by atoms with Crippen molar-refractivity contribution in [3.63, 3.8) is 0 Å². The number of hydrogen-bond acceptors (Lipinski definition) is 2. The highest BCUT2D eigenvalue weighted by Gasteiger charge is 2.11. The summed E-state index contributed by atoms with van der Waals surface area (Å²) in [6, 6.07) is 11.4. The van der Waals surface area contributed by atoms with E-state index in [1.165, 1.54) is 0 Å². The third kappa shape index (κ3) is 3.12. The zero-order valence-corrected chi connectivity index (χ0v) is 11.6. The number of amides is 1. The van der Waals surface area contributed by atoms with Crippen LogP contribution in [-0.2, 0) is 5.88 Å². The minimum atomic E-state index is -0.0583. The Labute approximate surface area is 116 Å². The lowest BCUT2D eigenvalue weighted by Crippen LogP contribution is -2.26. The maximum atomic E-state index is 12.0. The summed E-state index contributed by atoms with van der Waals surface area (Å²) < 4.78 is 0. The van der Waals surface area contributed by atoms with Crippen molar-refractivity contribution in [1.29, 1.82) is 0 Å². The van der Waals surface area contributed by atoms with Crippen molar-refractivity contribution in [2.75, 3.05) is 0 Å². The number of halogens is 1. The highest BCUT2D eigenvalue weighted by Crippen LogP contribution is 2.18. The highest BCUT2D eigenvalue weighted by molar-refractivity contribution is 7.10. The average Bonchev–Trinajstić information content (AvgIpc) is 2.92. The van der Waals surface area contributed by atoms with Gasteiger partial charge in [0.25, 0.3) is 5.91 Å². The second-order valence-electron chi connectivity index (χ2n) is 4.04. The Morgan fingerprint density at radius 1 is 1.33 bits per heavy atom. The Morgan fingerprint density at radius 2 is 2.06 bits per heavy atom. The summed E-state index contributed by atoms with van der Waals surface area (Å²) in [7, 11) is 0. The molecular weight excluding hydrogens is 266 g/mol. The minimum Gasteiger partial charge on any atom is -0.345 e. The zero-order valence-electron chi connectivity index (χ0n) is 10.0. The maximum Gasteiger partial charge on any atom is 0.251 e. The number of alkyl halides is 1. The third-order valence-electron chi connectivity index (χ3n) is 2.69. The van der Waals surface area contributed by atoms with E-state index in [1.54, 1.807) is 23.5 Å². The van der Waals surface area contributed by atoms with Crippen LogP contribution in [-0.4, -0.2) is 5.91 Å². The number of thiophene rings is 1. The number of nitrogens with one attached hydrogen (secondary N) is 1. The molecule has 0 bridgehead atoms. The molecule has 0 radical (unpaired) electrons. The van der Waals surface area contributed by atoms with Gasteiger partial charge in [-0.1, -0.05) is 18.2 Å². The molecule has 2 nitrogen and oxygen atoms in total. The quantitative estimate of drug-likeness (QED) is 0.843. The van der Waals surface area contributed by atoms with E-state index in [2.05, 4.69) is 5.32 Å². The van der Waals surface area contributed by atoms with Crippen molar-refractivity contribution < 1.29 is 4.79 Å². The molecule has 1 N–H and O–H groups in total. The van der Waals surface area contributed by atoms with E-state index in [0.29, 0.717) is 11.4 Å². The van der Waals surface area contributed by atoms with Crippen molar-refractivity contribution in [3.8, 4) is 0 Å². The van der Waals surface area contributed by atoms with E-state index < -0.39 is 0 Å². The van der Waals surface area contributed by atoms with E-state index in [-0.39, 0.29) is 11.9 Å².